The third-order valence-electron chi connectivity index (χ3n) is 3.45. The van der Waals surface area contributed by atoms with E-state index < -0.39 is 0 Å². The van der Waals surface area contributed by atoms with Gasteiger partial charge in [0.05, 0.1) is 12.2 Å². The first-order valence-corrected chi connectivity index (χ1v) is 9.73. The van der Waals surface area contributed by atoms with Gasteiger partial charge in [-0.3, -0.25) is 10.1 Å². The fraction of sp³-hybridized carbons (Fsp3) is 0.263. The van der Waals surface area contributed by atoms with Crippen LogP contribution in [0, 0.1) is 5.92 Å². The van der Waals surface area contributed by atoms with E-state index in [4.69, 9.17) is 28.6 Å². The molecule has 0 aromatic heterocycles. The van der Waals surface area contributed by atoms with Gasteiger partial charge in [0.1, 0.15) is 5.75 Å². The molecule has 0 aliphatic heterocycles. The third kappa shape index (κ3) is 6.59. The lowest BCUT2D eigenvalue weighted by Crippen LogP contribution is -2.34. The van der Waals surface area contributed by atoms with Gasteiger partial charge >= 0.3 is 0 Å². The molecule has 2 aromatic carbocycles. The molecule has 0 atom stereocenters. The Morgan fingerprint density at radius 2 is 2.04 bits per heavy atom. The lowest BCUT2D eigenvalue weighted by molar-refractivity contribution is 0.0973. The summed E-state index contributed by atoms with van der Waals surface area (Å²) in [6, 6.07) is 12.4. The van der Waals surface area contributed by atoms with Crippen molar-refractivity contribution in [3.05, 3.63) is 57.5 Å². The Bertz CT molecular complexity index is 799. The highest BCUT2D eigenvalue weighted by atomic mass is 79.9. The average molecular weight is 456 g/mol. The predicted molar refractivity (Wildman–Crippen MR) is 114 cm³/mol. The molecule has 0 bridgehead atoms. The summed E-state index contributed by atoms with van der Waals surface area (Å²) in [5.74, 6) is 0.708. The summed E-state index contributed by atoms with van der Waals surface area (Å²) in [4.78, 5) is 12.6. The van der Waals surface area contributed by atoms with E-state index in [0.29, 0.717) is 34.5 Å². The van der Waals surface area contributed by atoms with Crippen molar-refractivity contribution >= 4 is 56.5 Å². The molecule has 0 fully saturated rings. The zero-order chi connectivity index (χ0) is 19.1. The monoisotopic (exact) mass is 454 g/mol. The molecule has 138 valence electrons. The number of ether oxygens (including phenoxy) is 1. The van der Waals surface area contributed by atoms with E-state index >= 15 is 0 Å². The number of anilines is 1. The fourth-order valence-electron chi connectivity index (χ4n) is 2.11. The van der Waals surface area contributed by atoms with Crippen LogP contribution in [-0.2, 0) is 0 Å². The largest absolute Gasteiger partial charge is 0.493 e. The SMILES string of the molecule is CC(C)CCOc1ccc(Br)cc1C(=O)NC(=S)Nc1cccc(Cl)c1. The van der Waals surface area contributed by atoms with Crippen molar-refractivity contribution in [2.24, 2.45) is 5.92 Å². The van der Waals surface area contributed by atoms with Gasteiger partial charge in [-0.15, -0.1) is 0 Å². The lowest BCUT2D eigenvalue weighted by Gasteiger charge is -2.14. The van der Waals surface area contributed by atoms with Crippen molar-refractivity contribution in [2.45, 2.75) is 20.3 Å². The van der Waals surface area contributed by atoms with Crippen molar-refractivity contribution in [1.82, 2.24) is 5.32 Å². The molecule has 7 heteroatoms. The van der Waals surface area contributed by atoms with Gasteiger partial charge in [0, 0.05) is 15.2 Å². The number of halogens is 2. The lowest BCUT2D eigenvalue weighted by atomic mass is 10.1. The number of rotatable bonds is 6. The van der Waals surface area contributed by atoms with Crippen LogP contribution in [0.5, 0.6) is 5.75 Å². The van der Waals surface area contributed by atoms with Crippen LogP contribution in [-0.4, -0.2) is 17.6 Å². The first-order valence-electron chi connectivity index (χ1n) is 8.15. The number of carbonyl (C=O) groups is 1. The highest BCUT2D eigenvalue weighted by Crippen LogP contribution is 2.24. The smallest absolute Gasteiger partial charge is 0.261 e. The summed E-state index contributed by atoms with van der Waals surface area (Å²) in [6.07, 6.45) is 0.909. The summed E-state index contributed by atoms with van der Waals surface area (Å²) in [6.45, 7) is 4.79. The normalized spacial score (nSPS) is 10.5. The first-order chi connectivity index (χ1) is 12.3. The van der Waals surface area contributed by atoms with Crippen LogP contribution >= 0.6 is 39.7 Å². The van der Waals surface area contributed by atoms with Crippen molar-refractivity contribution in [3.8, 4) is 5.75 Å². The van der Waals surface area contributed by atoms with Crippen molar-refractivity contribution in [2.75, 3.05) is 11.9 Å². The summed E-state index contributed by atoms with van der Waals surface area (Å²) in [5, 5.41) is 6.37. The average Bonchev–Trinajstić information content (AvgIpc) is 2.55. The molecule has 4 nitrogen and oxygen atoms in total. The van der Waals surface area contributed by atoms with Gasteiger partial charge in [-0.05, 0) is 61.0 Å². The molecule has 0 saturated heterocycles. The third-order valence-corrected chi connectivity index (χ3v) is 4.38. The predicted octanol–water partition coefficient (Wildman–Crippen LogP) is 5.65. The number of nitrogens with one attached hydrogen (secondary N) is 2. The molecule has 26 heavy (non-hydrogen) atoms. The molecule has 0 aliphatic carbocycles. The highest BCUT2D eigenvalue weighted by molar-refractivity contribution is 9.10. The second-order valence-corrected chi connectivity index (χ2v) is 7.85. The van der Waals surface area contributed by atoms with Crippen LogP contribution < -0.4 is 15.4 Å². The molecular weight excluding hydrogens is 436 g/mol. The number of thiocarbonyl (C=S) groups is 1. The summed E-state index contributed by atoms with van der Waals surface area (Å²) in [7, 11) is 0. The van der Waals surface area contributed by atoms with Crippen LogP contribution in [0.25, 0.3) is 0 Å². The van der Waals surface area contributed by atoms with Gasteiger partial charge in [0.2, 0.25) is 0 Å². The highest BCUT2D eigenvalue weighted by Gasteiger charge is 2.15. The minimum atomic E-state index is -0.342. The van der Waals surface area contributed by atoms with E-state index in [0.717, 1.165) is 10.9 Å². The summed E-state index contributed by atoms with van der Waals surface area (Å²) < 4.78 is 6.56. The molecule has 0 radical (unpaired) electrons. The van der Waals surface area contributed by atoms with Crippen LogP contribution in [0.15, 0.2) is 46.9 Å². The van der Waals surface area contributed by atoms with Gasteiger partial charge < -0.3 is 10.1 Å². The quantitative estimate of drug-likeness (QED) is 0.552. The van der Waals surface area contributed by atoms with Crippen molar-refractivity contribution in [3.63, 3.8) is 0 Å². The van der Waals surface area contributed by atoms with Crippen LogP contribution in [0.1, 0.15) is 30.6 Å². The molecule has 0 aliphatic rings. The van der Waals surface area contributed by atoms with Crippen LogP contribution in [0.2, 0.25) is 5.02 Å². The standard InChI is InChI=1S/C19H20BrClN2O2S/c1-12(2)8-9-25-17-7-6-13(20)10-16(17)18(24)23-19(26)22-15-5-3-4-14(21)11-15/h3-7,10-12H,8-9H2,1-2H3,(H2,22,23,24,26). The maximum Gasteiger partial charge on any atom is 0.261 e. The second-order valence-electron chi connectivity index (χ2n) is 6.09. The zero-order valence-electron chi connectivity index (χ0n) is 14.5. The van der Waals surface area contributed by atoms with Gasteiger partial charge in [-0.1, -0.05) is 47.4 Å². The fourth-order valence-corrected chi connectivity index (χ4v) is 2.87. The molecular formula is C19H20BrClN2O2S. The Kier molecular flexibility index (Phi) is 7.87. The van der Waals surface area contributed by atoms with Crippen molar-refractivity contribution < 1.29 is 9.53 Å². The van der Waals surface area contributed by atoms with Crippen molar-refractivity contribution in [1.29, 1.82) is 0 Å². The van der Waals surface area contributed by atoms with E-state index in [1.807, 2.05) is 12.1 Å². The van der Waals surface area contributed by atoms with Crippen LogP contribution in [0.4, 0.5) is 5.69 Å². The summed E-state index contributed by atoms with van der Waals surface area (Å²) >= 11 is 14.5. The van der Waals surface area contributed by atoms with E-state index in [1.54, 1.807) is 30.3 Å². The number of carbonyl (C=O) groups excluding carboxylic acids is 1. The van der Waals surface area contributed by atoms with Gasteiger partial charge in [-0.2, -0.15) is 0 Å². The molecule has 1 amide bonds. The maximum atomic E-state index is 12.6. The summed E-state index contributed by atoms with van der Waals surface area (Å²) in [5.41, 5.74) is 1.11. The molecule has 2 N–H and O–H groups in total. The number of amides is 1. The van der Waals surface area contributed by atoms with Crippen LogP contribution in [0.3, 0.4) is 0 Å². The Balaban J connectivity index is 2.05. The van der Waals surface area contributed by atoms with Gasteiger partial charge in [0.15, 0.2) is 5.11 Å². The molecule has 2 aromatic rings. The number of hydrogen-bond acceptors (Lipinski definition) is 3. The maximum absolute atomic E-state index is 12.6. The molecule has 0 unspecified atom stereocenters. The van der Waals surface area contributed by atoms with E-state index in [2.05, 4.69) is 40.4 Å². The minimum Gasteiger partial charge on any atom is -0.493 e. The molecule has 0 saturated carbocycles. The number of benzene rings is 2. The minimum absolute atomic E-state index is 0.186. The van der Waals surface area contributed by atoms with E-state index in [-0.39, 0.29) is 11.0 Å². The molecule has 0 heterocycles. The Hall–Kier alpha value is -1.63. The number of hydrogen-bond donors (Lipinski definition) is 2. The second kappa shape index (κ2) is 9.90. The topological polar surface area (TPSA) is 50.4 Å². The first kappa shape index (κ1) is 20.7. The molecule has 0 spiro atoms. The Labute approximate surface area is 172 Å². The van der Waals surface area contributed by atoms with Gasteiger partial charge in [-0.25, -0.2) is 0 Å². The Morgan fingerprint density at radius 1 is 1.27 bits per heavy atom. The van der Waals surface area contributed by atoms with E-state index in [1.165, 1.54) is 0 Å². The molecule has 2 rings (SSSR count). The Morgan fingerprint density at radius 3 is 2.73 bits per heavy atom. The zero-order valence-corrected chi connectivity index (χ0v) is 17.7. The van der Waals surface area contributed by atoms with E-state index in [9.17, 15) is 4.79 Å². The van der Waals surface area contributed by atoms with Gasteiger partial charge in [0.25, 0.3) is 5.91 Å².